The van der Waals surface area contributed by atoms with E-state index >= 15 is 0 Å². The van der Waals surface area contributed by atoms with Crippen LogP contribution in [0.5, 0.6) is 0 Å². The molecule has 0 radical (unpaired) electrons. The predicted octanol–water partition coefficient (Wildman–Crippen LogP) is 8.37. The van der Waals surface area contributed by atoms with E-state index in [1.165, 1.54) is 12.1 Å². The zero-order valence-electron chi connectivity index (χ0n) is 19.6. The Morgan fingerprint density at radius 2 is 1.14 bits per heavy atom. The minimum absolute atomic E-state index is 0.127. The van der Waals surface area contributed by atoms with Gasteiger partial charge in [0.15, 0.2) is 5.69 Å². The maximum atomic E-state index is 11.9. The van der Waals surface area contributed by atoms with E-state index in [1.807, 2.05) is 48.5 Å². The first-order valence-electron chi connectivity index (χ1n) is 10.9. The number of nitrogens with zero attached hydrogens (tertiary/aromatic N) is 2. The number of halogens is 4. The number of benzene rings is 2. The average Bonchev–Trinajstić information content (AvgIpc) is 2.88. The lowest BCUT2D eigenvalue weighted by molar-refractivity contribution is 0.0370. The van der Waals surface area contributed by atoms with Crippen molar-refractivity contribution in [1.29, 1.82) is 0 Å². The van der Waals surface area contributed by atoms with Crippen molar-refractivity contribution in [3.63, 3.8) is 0 Å². The second kappa shape index (κ2) is 12.9. The molecular formula is C27H20Cl4N2O4. The van der Waals surface area contributed by atoms with Crippen LogP contribution in [0.3, 0.4) is 0 Å². The molecule has 0 saturated carbocycles. The Morgan fingerprint density at radius 3 is 1.54 bits per heavy atom. The Hall–Kier alpha value is -3.16. The van der Waals surface area contributed by atoms with Crippen molar-refractivity contribution in [3.05, 3.63) is 104 Å². The zero-order valence-corrected chi connectivity index (χ0v) is 22.6. The summed E-state index contributed by atoms with van der Waals surface area (Å²) in [7, 11) is 0. The smallest absolute Gasteiger partial charge is 0.357 e. The lowest BCUT2D eigenvalue weighted by Crippen LogP contribution is -2.13. The quantitative estimate of drug-likeness (QED) is 0.240. The van der Waals surface area contributed by atoms with E-state index in [0.29, 0.717) is 16.4 Å². The molecule has 1 N–H and O–H groups in total. The fraction of sp³-hybridized carbons (Fsp3) is 0.111. The van der Waals surface area contributed by atoms with Crippen LogP contribution in [0.2, 0.25) is 20.1 Å². The zero-order chi connectivity index (χ0) is 27.1. The summed E-state index contributed by atoms with van der Waals surface area (Å²) in [6.07, 6.45) is -0.223. The maximum Gasteiger partial charge on any atom is 0.357 e. The number of carboxylic acids is 1. The van der Waals surface area contributed by atoms with Crippen LogP contribution in [-0.2, 0) is 4.74 Å². The topological polar surface area (TPSA) is 89.4 Å². The van der Waals surface area contributed by atoms with Crippen molar-refractivity contribution in [2.45, 2.75) is 20.0 Å². The summed E-state index contributed by atoms with van der Waals surface area (Å²) in [6.45, 7) is 3.54. The fourth-order valence-electron chi connectivity index (χ4n) is 3.06. The molecule has 0 atom stereocenters. The van der Waals surface area contributed by atoms with Crippen molar-refractivity contribution in [3.8, 4) is 22.5 Å². The van der Waals surface area contributed by atoms with Crippen molar-refractivity contribution in [1.82, 2.24) is 9.97 Å². The van der Waals surface area contributed by atoms with Gasteiger partial charge in [-0.1, -0.05) is 107 Å². The molecule has 2 aromatic heterocycles. The first-order valence-corrected chi connectivity index (χ1v) is 12.4. The molecule has 0 fully saturated rings. The molecule has 37 heavy (non-hydrogen) atoms. The highest BCUT2D eigenvalue weighted by atomic mass is 35.5. The normalized spacial score (nSPS) is 10.5. The summed E-state index contributed by atoms with van der Waals surface area (Å²) in [4.78, 5) is 31.1. The standard InChI is InChI=1S/C15H13Cl2NO2.C12H7Cl2NO2/c1-9(2)20-15(19)12-8-11(16)13(17)14(18-12)10-6-4-3-5-7-10;13-8-6-9(12(16)17)15-11(10(8)14)7-4-2-1-3-5-7/h3-9H,1-2H3;1-6H,(H,16,17). The third kappa shape index (κ3) is 7.43. The Kier molecular flexibility index (Phi) is 9.89. The van der Waals surface area contributed by atoms with Gasteiger partial charge in [0, 0.05) is 11.1 Å². The minimum Gasteiger partial charge on any atom is -0.477 e. The highest BCUT2D eigenvalue weighted by molar-refractivity contribution is 6.44. The second-order valence-corrected chi connectivity index (χ2v) is 9.37. The maximum absolute atomic E-state index is 11.9. The Bertz CT molecular complexity index is 1420. The van der Waals surface area contributed by atoms with E-state index in [4.69, 9.17) is 56.2 Å². The molecule has 0 unspecified atom stereocenters. The number of carbonyl (C=O) groups is 2. The van der Waals surface area contributed by atoms with Gasteiger partial charge in [-0.3, -0.25) is 0 Å². The molecular weight excluding hydrogens is 558 g/mol. The molecule has 0 aliphatic carbocycles. The van der Waals surface area contributed by atoms with E-state index in [2.05, 4.69) is 9.97 Å². The number of aromatic carboxylic acids is 1. The van der Waals surface area contributed by atoms with Gasteiger partial charge in [-0.15, -0.1) is 0 Å². The summed E-state index contributed by atoms with van der Waals surface area (Å²) in [5.74, 6) is -1.66. The molecule has 0 saturated heterocycles. The number of hydrogen-bond donors (Lipinski definition) is 1. The number of hydrogen-bond acceptors (Lipinski definition) is 5. The van der Waals surface area contributed by atoms with Crippen molar-refractivity contribution < 1.29 is 19.4 Å². The molecule has 2 heterocycles. The fourth-order valence-corrected chi connectivity index (χ4v) is 3.86. The van der Waals surface area contributed by atoms with E-state index in [1.54, 1.807) is 26.0 Å². The van der Waals surface area contributed by atoms with Crippen LogP contribution >= 0.6 is 46.4 Å². The van der Waals surface area contributed by atoms with Gasteiger partial charge in [0.25, 0.3) is 0 Å². The highest BCUT2D eigenvalue weighted by Crippen LogP contribution is 2.33. The molecule has 0 bridgehead atoms. The summed E-state index contributed by atoms with van der Waals surface area (Å²) in [5, 5.41) is 9.93. The van der Waals surface area contributed by atoms with Crippen molar-refractivity contribution in [2.75, 3.05) is 0 Å². The van der Waals surface area contributed by atoms with E-state index < -0.39 is 11.9 Å². The average molecular weight is 578 g/mol. The molecule has 0 aliphatic rings. The monoisotopic (exact) mass is 576 g/mol. The van der Waals surface area contributed by atoms with Gasteiger partial charge >= 0.3 is 11.9 Å². The summed E-state index contributed by atoms with van der Waals surface area (Å²) >= 11 is 24.1. The summed E-state index contributed by atoms with van der Waals surface area (Å²) in [6, 6.07) is 21.0. The molecule has 10 heteroatoms. The van der Waals surface area contributed by atoms with E-state index in [-0.39, 0.29) is 32.6 Å². The number of pyridine rings is 2. The first-order chi connectivity index (χ1) is 17.6. The number of aromatic nitrogens is 2. The van der Waals surface area contributed by atoms with Gasteiger partial charge in [-0.2, -0.15) is 0 Å². The third-order valence-electron chi connectivity index (χ3n) is 4.69. The lowest BCUT2D eigenvalue weighted by Gasteiger charge is -2.10. The summed E-state index contributed by atoms with van der Waals surface area (Å²) < 4.78 is 5.12. The number of ether oxygens (including phenoxy) is 1. The van der Waals surface area contributed by atoms with Crippen LogP contribution in [0.15, 0.2) is 72.8 Å². The molecule has 2 aromatic carbocycles. The van der Waals surface area contributed by atoms with Crippen LogP contribution in [0.1, 0.15) is 34.8 Å². The van der Waals surface area contributed by atoms with Crippen LogP contribution in [-0.4, -0.2) is 33.1 Å². The highest BCUT2D eigenvalue weighted by Gasteiger charge is 2.18. The van der Waals surface area contributed by atoms with Crippen LogP contribution in [0, 0.1) is 0 Å². The lowest BCUT2D eigenvalue weighted by atomic mass is 10.1. The molecule has 190 valence electrons. The van der Waals surface area contributed by atoms with E-state index in [0.717, 1.165) is 11.1 Å². The minimum atomic E-state index is -1.14. The van der Waals surface area contributed by atoms with Crippen LogP contribution < -0.4 is 0 Å². The van der Waals surface area contributed by atoms with Crippen LogP contribution in [0.4, 0.5) is 0 Å². The SMILES string of the molecule is CC(C)OC(=O)c1cc(Cl)c(Cl)c(-c2ccccc2)n1.O=C(O)c1cc(Cl)c(Cl)c(-c2ccccc2)n1. The number of esters is 1. The van der Waals surface area contributed by atoms with E-state index in [9.17, 15) is 9.59 Å². The van der Waals surface area contributed by atoms with Gasteiger partial charge in [0.2, 0.25) is 0 Å². The van der Waals surface area contributed by atoms with Crippen LogP contribution in [0.25, 0.3) is 22.5 Å². The van der Waals surface area contributed by atoms with Crippen molar-refractivity contribution >= 4 is 58.3 Å². The molecule has 4 rings (SSSR count). The Morgan fingerprint density at radius 1 is 0.730 bits per heavy atom. The van der Waals surface area contributed by atoms with Gasteiger partial charge in [0.1, 0.15) is 5.69 Å². The van der Waals surface area contributed by atoms with Gasteiger partial charge < -0.3 is 9.84 Å². The molecule has 0 aliphatic heterocycles. The first kappa shape index (κ1) is 28.4. The second-order valence-electron chi connectivity index (χ2n) is 7.80. The molecule has 0 spiro atoms. The van der Waals surface area contributed by atoms with Gasteiger partial charge in [-0.05, 0) is 26.0 Å². The third-order valence-corrected chi connectivity index (χ3v) is 6.25. The van der Waals surface area contributed by atoms with Gasteiger partial charge in [-0.25, -0.2) is 19.6 Å². The number of rotatable bonds is 5. The van der Waals surface area contributed by atoms with Crippen molar-refractivity contribution in [2.24, 2.45) is 0 Å². The Balaban J connectivity index is 0.000000208. The number of carbonyl (C=O) groups excluding carboxylic acids is 1. The molecule has 4 aromatic rings. The molecule has 0 amide bonds. The predicted molar refractivity (Wildman–Crippen MR) is 147 cm³/mol. The molecule has 6 nitrogen and oxygen atoms in total. The largest absolute Gasteiger partial charge is 0.477 e. The number of carboxylic acid groups (broad SMARTS) is 1. The summed E-state index contributed by atoms with van der Waals surface area (Å²) in [5.41, 5.74) is 2.37. The Labute approximate surface area is 233 Å². The van der Waals surface area contributed by atoms with Gasteiger partial charge in [0.05, 0.1) is 37.6 Å².